The molecule has 0 aliphatic rings. The number of halogens is 3. The normalized spacial score (nSPS) is 11.9. The topological polar surface area (TPSA) is 9.23 Å². The van der Waals surface area contributed by atoms with Crippen LogP contribution >= 0.6 is 0 Å². The van der Waals surface area contributed by atoms with E-state index in [0.717, 1.165) is 6.07 Å². The lowest BCUT2D eigenvalue weighted by atomic mass is 10.0. The average Bonchev–Trinajstić information content (AvgIpc) is 2.05. The molecule has 0 saturated heterocycles. The summed E-state index contributed by atoms with van der Waals surface area (Å²) in [5.41, 5.74) is 0.372. The molecule has 1 nitrogen and oxygen atoms in total. The summed E-state index contributed by atoms with van der Waals surface area (Å²) in [6, 6.07) is 3.63. The van der Waals surface area contributed by atoms with Crippen LogP contribution in [0.4, 0.5) is 13.2 Å². The van der Waals surface area contributed by atoms with E-state index in [4.69, 9.17) is 0 Å². The standard InChI is InChI=1S/C11H13F3O/c1-7(2)9-6-8(4-5-10(9)12)15-11(3,13)14/h4-7H,1-3H3. The van der Waals surface area contributed by atoms with Crippen LogP contribution in [0.3, 0.4) is 0 Å². The number of rotatable bonds is 3. The van der Waals surface area contributed by atoms with Gasteiger partial charge in [-0.3, -0.25) is 0 Å². The van der Waals surface area contributed by atoms with E-state index < -0.39 is 11.9 Å². The zero-order chi connectivity index (χ0) is 11.6. The van der Waals surface area contributed by atoms with E-state index in [1.54, 1.807) is 13.8 Å². The van der Waals surface area contributed by atoms with Gasteiger partial charge in [0.25, 0.3) is 0 Å². The van der Waals surface area contributed by atoms with Crippen LogP contribution < -0.4 is 4.74 Å². The van der Waals surface area contributed by atoms with Crippen molar-refractivity contribution in [1.82, 2.24) is 0 Å². The Balaban J connectivity index is 2.98. The smallest absolute Gasteiger partial charge is 0.394 e. The molecule has 0 heterocycles. The molecule has 84 valence electrons. The third-order valence-corrected chi connectivity index (χ3v) is 1.89. The van der Waals surface area contributed by atoms with Gasteiger partial charge in [0.1, 0.15) is 11.6 Å². The Kier molecular flexibility index (Phi) is 3.27. The van der Waals surface area contributed by atoms with Gasteiger partial charge < -0.3 is 4.74 Å². The Morgan fingerprint density at radius 3 is 2.33 bits per heavy atom. The average molecular weight is 218 g/mol. The highest BCUT2D eigenvalue weighted by molar-refractivity contribution is 5.31. The lowest BCUT2D eigenvalue weighted by molar-refractivity contribution is -0.159. The Hall–Kier alpha value is -1.19. The molecule has 0 aliphatic carbocycles. The van der Waals surface area contributed by atoms with Gasteiger partial charge in [0.05, 0.1) is 0 Å². The van der Waals surface area contributed by atoms with Crippen molar-refractivity contribution in [1.29, 1.82) is 0 Å². The highest BCUT2D eigenvalue weighted by Gasteiger charge is 2.23. The van der Waals surface area contributed by atoms with E-state index in [1.165, 1.54) is 12.1 Å². The summed E-state index contributed by atoms with van der Waals surface area (Å²) in [7, 11) is 0. The van der Waals surface area contributed by atoms with Crippen LogP contribution in [-0.4, -0.2) is 6.11 Å². The number of ether oxygens (including phenoxy) is 1. The molecule has 4 heteroatoms. The Morgan fingerprint density at radius 1 is 1.27 bits per heavy atom. The fraction of sp³-hybridized carbons (Fsp3) is 0.455. The van der Waals surface area contributed by atoms with Crippen LogP contribution in [0.2, 0.25) is 0 Å². The van der Waals surface area contributed by atoms with Crippen LogP contribution in [0.15, 0.2) is 18.2 Å². The van der Waals surface area contributed by atoms with E-state index in [-0.39, 0.29) is 11.7 Å². The molecule has 1 rings (SSSR count). The van der Waals surface area contributed by atoms with Crippen molar-refractivity contribution in [3.05, 3.63) is 29.6 Å². The first-order valence-corrected chi connectivity index (χ1v) is 4.66. The lowest BCUT2D eigenvalue weighted by Crippen LogP contribution is -2.19. The molecule has 0 aliphatic heterocycles. The third kappa shape index (κ3) is 3.46. The quantitative estimate of drug-likeness (QED) is 0.746. The second kappa shape index (κ2) is 4.13. The van der Waals surface area contributed by atoms with Crippen molar-refractivity contribution >= 4 is 0 Å². The van der Waals surface area contributed by atoms with Crippen molar-refractivity contribution in [3.63, 3.8) is 0 Å². The molecule has 0 fully saturated rings. The molecule has 0 bridgehead atoms. The second-order valence-corrected chi connectivity index (χ2v) is 3.75. The number of hydrogen-bond acceptors (Lipinski definition) is 1. The van der Waals surface area contributed by atoms with Crippen LogP contribution in [0.25, 0.3) is 0 Å². The molecule has 0 radical (unpaired) electrons. The fourth-order valence-electron chi connectivity index (χ4n) is 1.23. The summed E-state index contributed by atoms with van der Waals surface area (Å²) < 4.78 is 42.6. The summed E-state index contributed by atoms with van der Waals surface area (Å²) in [5.74, 6) is -0.497. The molecule has 0 spiro atoms. The van der Waals surface area contributed by atoms with Gasteiger partial charge in [-0.2, -0.15) is 8.78 Å². The summed E-state index contributed by atoms with van der Waals surface area (Å²) in [4.78, 5) is 0. The highest BCUT2D eigenvalue weighted by Crippen LogP contribution is 2.26. The van der Waals surface area contributed by atoms with Crippen LogP contribution in [0.1, 0.15) is 32.3 Å². The minimum absolute atomic E-state index is 0.0207. The van der Waals surface area contributed by atoms with Gasteiger partial charge in [-0.25, -0.2) is 4.39 Å². The summed E-state index contributed by atoms with van der Waals surface area (Å²) in [5, 5.41) is 0. The minimum atomic E-state index is -3.24. The monoisotopic (exact) mass is 218 g/mol. The van der Waals surface area contributed by atoms with Gasteiger partial charge in [-0.15, -0.1) is 0 Å². The van der Waals surface area contributed by atoms with E-state index in [1.807, 2.05) is 0 Å². The highest BCUT2D eigenvalue weighted by atomic mass is 19.3. The number of hydrogen-bond donors (Lipinski definition) is 0. The van der Waals surface area contributed by atoms with E-state index >= 15 is 0 Å². The molecule has 1 aromatic carbocycles. The van der Waals surface area contributed by atoms with Gasteiger partial charge in [0.2, 0.25) is 0 Å². The first kappa shape index (κ1) is 11.9. The molecule has 15 heavy (non-hydrogen) atoms. The maximum atomic E-state index is 13.2. The van der Waals surface area contributed by atoms with Crippen LogP contribution in [0.5, 0.6) is 5.75 Å². The Labute approximate surface area is 86.9 Å². The Bertz CT molecular complexity index is 342. The maximum Gasteiger partial charge on any atom is 0.394 e. The predicted octanol–water partition coefficient (Wildman–Crippen LogP) is 3.94. The molecule has 0 atom stereocenters. The molecule has 1 aromatic rings. The zero-order valence-corrected chi connectivity index (χ0v) is 8.85. The van der Waals surface area contributed by atoms with Crippen molar-refractivity contribution in [3.8, 4) is 5.75 Å². The van der Waals surface area contributed by atoms with Crippen molar-refractivity contribution < 1.29 is 17.9 Å². The van der Waals surface area contributed by atoms with Gasteiger partial charge in [0.15, 0.2) is 0 Å². The molecule has 0 amide bonds. The lowest BCUT2D eigenvalue weighted by Gasteiger charge is -2.15. The minimum Gasteiger partial charge on any atom is -0.433 e. The summed E-state index contributed by atoms with van der Waals surface area (Å²) in [6.45, 7) is 4.21. The molecule has 0 saturated carbocycles. The van der Waals surface area contributed by atoms with Gasteiger partial charge in [-0.05, 0) is 29.7 Å². The number of benzene rings is 1. The first-order chi connectivity index (χ1) is 6.79. The third-order valence-electron chi connectivity index (χ3n) is 1.89. The van der Waals surface area contributed by atoms with Crippen LogP contribution in [0, 0.1) is 5.82 Å². The van der Waals surface area contributed by atoms with Crippen molar-refractivity contribution in [2.45, 2.75) is 32.8 Å². The second-order valence-electron chi connectivity index (χ2n) is 3.75. The molecule has 0 N–H and O–H groups in total. The van der Waals surface area contributed by atoms with Crippen molar-refractivity contribution in [2.24, 2.45) is 0 Å². The van der Waals surface area contributed by atoms with Gasteiger partial charge >= 0.3 is 6.11 Å². The number of alkyl halides is 2. The van der Waals surface area contributed by atoms with Crippen LogP contribution in [-0.2, 0) is 0 Å². The summed E-state index contributed by atoms with van der Waals surface area (Å²) in [6.07, 6.45) is -3.24. The van der Waals surface area contributed by atoms with Gasteiger partial charge in [0, 0.05) is 6.92 Å². The SMILES string of the molecule is CC(C)c1cc(OC(C)(F)F)ccc1F. The van der Waals surface area contributed by atoms with E-state index in [0.29, 0.717) is 12.5 Å². The maximum absolute atomic E-state index is 13.2. The molecular formula is C11H13F3O. The largest absolute Gasteiger partial charge is 0.433 e. The Morgan fingerprint density at radius 2 is 1.87 bits per heavy atom. The van der Waals surface area contributed by atoms with E-state index in [2.05, 4.69) is 4.74 Å². The van der Waals surface area contributed by atoms with E-state index in [9.17, 15) is 13.2 Å². The predicted molar refractivity (Wildman–Crippen MR) is 51.7 cm³/mol. The first-order valence-electron chi connectivity index (χ1n) is 4.66. The van der Waals surface area contributed by atoms with Gasteiger partial charge in [-0.1, -0.05) is 13.8 Å². The summed E-state index contributed by atoms with van der Waals surface area (Å²) >= 11 is 0. The van der Waals surface area contributed by atoms with Crippen molar-refractivity contribution in [2.75, 3.05) is 0 Å². The molecule has 0 aromatic heterocycles. The molecule has 0 unspecified atom stereocenters. The zero-order valence-electron chi connectivity index (χ0n) is 8.85. The fourth-order valence-corrected chi connectivity index (χ4v) is 1.23. The molecular weight excluding hydrogens is 205 g/mol.